The van der Waals surface area contributed by atoms with Crippen LogP contribution in [0.3, 0.4) is 0 Å². The summed E-state index contributed by atoms with van der Waals surface area (Å²) in [5.74, 6) is 0.949. The first kappa shape index (κ1) is 23.3. The molecule has 2 aromatic carbocycles. The number of aromatic amines is 1. The molecule has 2 N–H and O–H groups in total. The summed E-state index contributed by atoms with van der Waals surface area (Å²) in [7, 11) is 0. The molecular weight excluding hydrogens is 442 g/mol. The molecule has 7 heteroatoms. The molecule has 1 heterocycles. The van der Waals surface area contributed by atoms with Crippen LogP contribution in [0.25, 0.3) is 11.3 Å². The van der Waals surface area contributed by atoms with E-state index in [1.165, 1.54) is 31.2 Å². The number of nitrogens with one attached hydrogen (secondary N) is 1. The molecule has 1 aliphatic rings. The number of H-pyrrole nitrogens is 1. The third-order valence-corrected chi connectivity index (χ3v) is 6.60. The van der Waals surface area contributed by atoms with Gasteiger partial charge in [0, 0.05) is 12.0 Å². The van der Waals surface area contributed by atoms with Gasteiger partial charge in [0.1, 0.15) is 11.5 Å². The number of aromatic hydroxyl groups is 1. The Morgan fingerprint density at radius 1 is 1.12 bits per heavy atom. The summed E-state index contributed by atoms with van der Waals surface area (Å²) in [5, 5.41) is 10.4. The zero-order valence-electron chi connectivity index (χ0n) is 19.0. The Hall–Kier alpha value is -2.86. The highest BCUT2D eigenvalue weighted by Crippen LogP contribution is 2.43. The molecule has 0 aliphatic heterocycles. The number of hydrogen-bond donors (Lipinski definition) is 2. The minimum atomic E-state index is -0.708. The van der Waals surface area contributed by atoms with E-state index in [1.54, 1.807) is 24.3 Å². The second-order valence-electron chi connectivity index (χ2n) is 9.40. The van der Waals surface area contributed by atoms with Crippen molar-refractivity contribution in [2.75, 3.05) is 13.2 Å². The Kier molecular flexibility index (Phi) is 7.03. The summed E-state index contributed by atoms with van der Waals surface area (Å²) in [5.41, 5.74) is 2.30. The average molecular weight is 472 g/mol. The van der Waals surface area contributed by atoms with Crippen LogP contribution in [0.4, 0.5) is 0 Å². The smallest absolute Gasteiger partial charge is 0.419 e. The van der Waals surface area contributed by atoms with Crippen LogP contribution in [-0.2, 0) is 0 Å². The number of aromatic nitrogens is 1. The molecule has 0 saturated heterocycles. The second kappa shape index (κ2) is 9.96. The molecule has 176 valence electrons. The number of hydrogen-bond acceptors (Lipinski definition) is 5. The lowest BCUT2D eigenvalue weighted by Crippen LogP contribution is -2.20. The third-order valence-electron chi connectivity index (χ3n) is 6.31. The van der Waals surface area contributed by atoms with Gasteiger partial charge in [0.15, 0.2) is 5.76 Å². The predicted octanol–water partition coefficient (Wildman–Crippen LogP) is 6.53. The molecule has 0 radical (unpaired) electrons. The maximum atomic E-state index is 11.2. The van der Waals surface area contributed by atoms with Gasteiger partial charge in [0.25, 0.3) is 0 Å². The van der Waals surface area contributed by atoms with Crippen molar-refractivity contribution in [1.82, 2.24) is 4.98 Å². The lowest BCUT2D eigenvalue weighted by molar-refractivity contribution is 0.224. The molecule has 4 rings (SSSR count). The molecule has 1 aromatic heterocycles. The van der Waals surface area contributed by atoms with Gasteiger partial charge in [-0.2, -0.15) is 0 Å². The van der Waals surface area contributed by atoms with E-state index in [4.69, 9.17) is 25.5 Å². The minimum Gasteiger partial charge on any atom is -0.493 e. The molecule has 0 spiro atoms. The average Bonchev–Trinajstić information content (AvgIpc) is 3.12. The van der Waals surface area contributed by atoms with Crippen LogP contribution >= 0.6 is 11.6 Å². The highest BCUT2D eigenvalue weighted by Gasteiger charge is 2.27. The Morgan fingerprint density at radius 3 is 2.58 bits per heavy atom. The quantitative estimate of drug-likeness (QED) is 0.365. The van der Waals surface area contributed by atoms with Crippen molar-refractivity contribution in [3.8, 4) is 28.7 Å². The van der Waals surface area contributed by atoms with E-state index in [1.807, 2.05) is 6.07 Å². The van der Waals surface area contributed by atoms with Gasteiger partial charge < -0.3 is 19.0 Å². The van der Waals surface area contributed by atoms with Crippen LogP contribution in [0.5, 0.6) is 17.4 Å². The zero-order valence-corrected chi connectivity index (χ0v) is 19.8. The molecule has 1 fully saturated rings. The minimum absolute atomic E-state index is 0.0869. The van der Waals surface area contributed by atoms with E-state index < -0.39 is 5.76 Å². The first-order valence-electron chi connectivity index (χ1n) is 11.4. The number of benzene rings is 2. The molecule has 0 amide bonds. The Morgan fingerprint density at radius 2 is 1.88 bits per heavy atom. The molecular formula is C26H30ClNO5. The van der Waals surface area contributed by atoms with E-state index in [0.717, 1.165) is 0 Å². The number of ether oxygens (including phenoxy) is 2. The van der Waals surface area contributed by atoms with Crippen LogP contribution in [0.1, 0.15) is 57.4 Å². The van der Waals surface area contributed by atoms with Gasteiger partial charge in [-0.3, -0.25) is 4.98 Å². The molecule has 6 nitrogen and oxygen atoms in total. The van der Waals surface area contributed by atoms with E-state index in [9.17, 15) is 9.90 Å². The molecule has 1 aliphatic carbocycles. The van der Waals surface area contributed by atoms with Crippen molar-refractivity contribution in [1.29, 1.82) is 0 Å². The Labute approximate surface area is 198 Å². The van der Waals surface area contributed by atoms with Gasteiger partial charge >= 0.3 is 5.76 Å². The maximum Gasteiger partial charge on any atom is 0.419 e. The summed E-state index contributed by atoms with van der Waals surface area (Å²) in [6.45, 7) is 5.61. The highest BCUT2D eigenvalue weighted by molar-refractivity contribution is 6.32. The summed E-state index contributed by atoms with van der Waals surface area (Å²) in [6, 6.07) is 13.2. The van der Waals surface area contributed by atoms with Crippen molar-refractivity contribution >= 4 is 11.6 Å². The number of oxazole rings is 1. The van der Waals surface area contributed by atoms with Crippen molar-refractivity contribution < 1.29 is 19.0 Å². The standard InChI is InChI=1S/C26H30ClNO5/c1-26(2)11-9-17(10-12-26)18-7-8-22(21(27)16-18)32-14-4-13-31-20-6-3-5-19(15-20)23-24(29)28-25(30)33-23/h3,5-8,15-17,29H,4,9-14H2,1-2H3,(H,28,30). The van der Waals surface area contributed by atoms with Gasteiger partial charge in [-0.05, 0) is 66.8 Å². The van der Waals surface area contributed by atoms with Crippen LogP contribution in [0, 0.1) is 5.41 Å². The third kappa shape index (κ3) is 5.93. The van der Waals surface area contributed by atoms with E-state index in [-0.39, 0.29) is 11.6 Å². The Bertz CT molecular complexity index is 1140. The fourth-order valence-electron chi connectivity index (χ4n) is 4.29. The van der Waals surface area contributed by atoms with E-state index in [2.05, 4.69) is 31.0 Å². The molecule has 0 atom stereocenters. The lowest BCUT2D eigenvalue weighted by atomic mass is 9.71. The van der Waals surface area contributed by atoms with Gasteiger partial charge in [-0.25, -0.2) is 4.79 Å². The summed E-state index contributed by atoms with van der Waals surface area (Å²) in [4.78, 5) is 13.4. The van der Waals surface area contributed by atoms with Crippen molar-refractivity contribution in [3.05, 3.63) is 63.6 Å². The summed E-state index contributed by atoms with van der Waals surface area (Å²) >= 11 is 6.49. The summed E-state index contributed by atoms with van der Waals surface area (Å²) < 4.78 is 16.6. The Balaban J connectivity index is 1.25. The lowest BCUT2D eigenvalue weighted by Gasteiger charge is -2.34. The second-order valence-corrected chi connectivity index (χ2v) is 9.81. The van der Waals surface area contributed by atoms with Crippen molar-refractivity contribution in [2.24, 2.45) is 5.41 Å². The monoisotopic (exact) mass is 471 g/mol. The van der Waals surface area contributed by atoms with Crippen molar-refractivity contribution in [2.45, 2.75) is 51.9 Å². The topological polar surface area (TPSA) is 84.7 Å². The number of rotatable bonds is 8. The summed E-state index contributed by atoms with van der Waals surface area (Å²) in [6.07, 6.45) is 5.58. The van der Waals surface area contributed by atoms with Gasteiger partial charge in [-0.15, -0.1) is 0 Å². The SMILES string of the molecule is CC1(C)CCC(c2ccc(OCCCOc3cccc(-c4oc(=O)[nH]c4O)c3)c(Cl)c2)CC1. The van der Waals surface area contributed by atoms with Crippen LogP contribution in [-0.4, -0.2) is 23.3 Å². The molecule has 0 unspecified atom stereocenters. The number of halogens is 1. The first-order valence-corrected chi connectivity index (χ1v) is 11.8. The zero-order chi connectivity index (χ0) is 23.4. The van der Waals surface area contributed by atoms with Crippen LogP contribution < -0.4 is 15.2 Å². The normalized spacial score (nSPS) is 16.0. The van der Waals surface area contributed by atoms with E-state index >= 15 is 0 Å². The molecule has 1 saturated carbocycles. The van der Waals surface area contributed by atoms with E-state index in [0.29, 0.717) is 53.1 Å². The van der Waals surface area contributed by atoms with Gasteiger partial charge in [-0.1, -0.05) is 43.6 Å². The molecule has 0 bridgehead atoms. The molecule has 3 aromatic rings. The maximum absolute atomic E-state index is 11.2. The largest absolute Gasteiger partial charge is 0.493 e. The van der Waals surface area contributed by atoms with Crippen molar-refractivity contribution in [3.63, 3.8) is 0 Å². The van der Waals surface area contributed by atoms with Crippen LogP contribution in [0.15, 0.2) is 51.7 Å². The highest BCUT2D eigenvalue weighted by atomic mass is 35.5. The fourth-order valence-corrected chi connectivity index (χ4v) is 4.54. The first-order chi connectivity index (χ1) is 15.8. The fraction of sp³-hybridized carbons (Fsp3) is 0.423. The predicted molar refractivity (Wildman–Crippen MR) is 128 cm³/mol. The van der Waals surface area contributed by atoms with Gasteiger partial charge in [0.05, 0.1) is 18.2 Å². The van der Waals surface area contributed by atoms with Gasteiger partial charge in [0.2, 0.25) is 5.88 Å². The molecule has 33 heavy (non-hydrogen) atoms. The van der Waals surface area contributed by atoms with Crippen LogP contribution in [0.2, 0.25) is 5.02 Å².